The third kappa shape index (κ3) is 4.07. The first kappa shape index (κ1) is 16.0. The number of rotatable bonds is 7. The molecule has 20 heavy (non-hydrogen) atoms. The number of sulfonamides is 1. The average Bonchev–Trinajstić information content (AvgIpc) is 2.99. The van der Waals surface area contributed by atoms with Crippen LogP contribution < -0.4 is 10.0 Å². The summed E-state index contributed by atoms with van der Waals surface area (Å²) in [5.74, 6) is 1.26. The second-order valence-corrected chi connectivity index (χ2v) is 7.67. The highest BCUT2D eigenvalue weighted by Gasteiger charge is 2.23. The summed E-state index contributed by atoms with van der Waals surface area (Å²) in [7, 11) is -1.72. The Morgan fingerprint density at radius 1 is 1.40 bits per heavy atom. The second-order valence-electron chi connectivity index (χ2n) is 5.22. The van der Waals surface area contributed by atoms with Gasteiger partial charge >= 0.3 is 0 Å². The Balaban J connectivity index is 1.94. The minimum atomic E-state index is -3.50. The molecule has 1 aliphatic carbocycles. The molecule has 1 saturated carbocycles. The molecule has 1 aliphatic rings. The smallest absolute Gasteiger partial charge is 0.244 e. The lowest BCUT2D eigenvalue weighted by atomic mass is 10.1. The Hall–Kier alpha value is -0.370. The maximum absolute atomic E-state index is 12.2. The summed E-state index contributed by atoms with van der Waals surface area (Å²) < 4.78 is 32.7. The van der Waals surface area contributed by atoms with Gasteiger partial charge in [-0.3, -0.25) is 0 Å². The molecular weight excluding hydrogens is 344 g/mol. The first-order valence-electron chi connectivity index (χ1n) is 6.95. The van der Waals surface area contributed by atoms with Crippen LogP contribution in [-0.2, 0) is 16.6 Å². The van der Waals surface area contributed by atoms with Crippen molar-refractivity contribution in [3.8, 4) is 0 Å². The Morgan fingerprint density at radius 2 is 2.10 bits per heavy atom. The Morgan fingerprint density at radius 3 is 2.75 bits per heavy atom. The Bertz CT molecular complexity index is 536. The summed E-state index contributed by atoms with van der Waals surface area (Å²) in [5.41, 5.74) is 0. The maximum Gasteiger partial charge on any atom is 0.244 e. The van der Waals surface area contributed by atoms with Crippen molar-refractivity contribution in [3.63, 3.8) is 0 Å². The molecule has 0 saturated heterocycles. The molecule has 0 bridgehead atoms. The van der Waals surface area contributed by atoms with E-state index in [2.05, 4.69) is 26.0 Å². The summed E-state index contributed by atoms with van der Waals surface area (Å²) in [4.78, 5) is 0.175. The Kier molecular flexibility index (Phi) is 5.65. The number of hydrogen-bond acceptors (Lipinski definition) is 4. The molecule has 1 aromatic rings. The molecule has 2 rings (SSSR count). The second kappa shape index (κ2) is 7.06. The van der Waals surface area contributed by atoms with E-state index in [-0.39, 0.29) is 9.56 Å². The van der Waals surface area contributed by atoms with Crippen molar-refractivity contribution in [1.29, 1.82) is 0 Å². The van der Waals surface area contributed by atoms with Crippen molar-refractivity contribution < 1.29 is 12.8 Å². The van der Waals surface area contributed by atoms with Gasteiger partial charge in [-0.2, -0.15) is 0 Å². The van der Waals surface area contributed by atoms with Gasteiger partial charge in [0.15, 0.2) is 4.67 Å². The van der Waals surface area contributed by atoms with Crippen LogP contribution in [0.3, 0.4) is 0 Å². The standard InChI is InChI=1S/C13H21BrN2O3S/c1-15-9-11-8-12(13(14)19-11)20(17,18)16-7-6-10-4-2-3-5-10/h8,10,15-16H,2-7,9H2,1H3. The van der Waals surface area contributed by atoms with Gasteiger partial charge in [0, 0.05) is 12.6 Å². The summed E-state index contributed by atoms with van der Waals surface area (Å²) in [6.45, 7) is 0.988. The summed E-state index contributed by atoms with van der Waals surface area (Å²) in [5, 5.41) is 2.93. The minimum Gasteiger partial charge on any atom is -0.452 e. The fourth-order valence-corrected chi connectivity index (χ4v) is 4.66. The molecule has 114 valence electrons. The van der Waals surface area contributed by atoms with Crippen LogP contribution in [0.5, 0.6) is 0 Å². The van der Waals surface area contributed by atoms with E-state index in [1.807, 2.05) is 0 Å². The van der Waals surface area contributed by atoms with E-state index in [1.165, 1.54) is 25.7 Å². The van der Waals surface area contributed by atoms with E-state index >= 15 is 0 Å². The largest absolute Gasteiger partial charge is 0.452 e. The topological polar surface area (TPSA) is 71.3 Å². The molecule has 0 aliphatic heterocycles. The SMILES string of the molecule is CNCc1cc(S(=O)(=O)NCCC2CCCC2)c(Br)o1. The number of halogens is 1. The van der Waals surface area contributed by atoms with Crippen molar-refractivity contribution in [1.82, 2.24) is 10.0 Å². The molecular formula is C13H21BrN2O3S. The molecule has 0 radical (unpaired) electrons. The van der Waals surface area contributed by atoms with Crippen LogP contribution in [0, 0.1) is 5.92 Å². The zero-order valence-corrected chi connectivity index (χ0v) is 14.0. The lowest BCUT2D eigenvalue weighted by Crippen LogP contribution is -2.25. The first-order chi connectivity index (χ1) is 9.53. The highest BCUT2D eigenvalue weighted by Crippen LogP contribution is 2.28. The van der Waals surface area contributed by atoms with Crippen molar-refractivity contribution >= 4 is 26.0 Å². The van der Waals surface area contributed by atoms with Gasteiger partial charge in [-0.05, 0) is 35.3 Å². The number of nitrogens with one attached hydrogen (secondary N) is 2. The van der Waals surface area contributed by atoms with Crippen LogP contribution in [-0.4, -0.2) is 22.0 Å². The average molecular weight is 365 g/mol. The van der Waals surface area contributed by atoms with Gasteiger partial charge in [-0.15, -0.1) is 0 Å². The van der Waals surface area contributed by atoms with Gasteiger partial charge in [0.2, 0.25) is 10.0 Å². The van der Waals surface area contributed by atoms with Crippen molar-refractivity contribution in [3.05, 3.63) is 16.5 Å². The van der Waals surface area contributed by atoms with E-state index in [0.29, 0.717) is 24.8 Å². The molecule has 1 aromatic heterocycles. The van der Waals surface area contributed by atoms with Gasteiger partial charge in [0.05, 0.1) is 6.54 Å². The number of furan rings is 1. The first-order valence-corrected chi connectivity index (χ1v) is 9.23. The van der Waals surface area contributed by atoms with Crippen molar-refractivity contribution in [2.24, 2.45) is 5.92 Å². The van der Waals surface area contributed by atoms with E-state index < -0.39 is 10.0 Å². The van der Waals surface area contributed by atoms with Crippen LogP contribution in [0.25, 0.3) is 0 Å². The van der Waals surface area contributed by atoms with Gasteiger partial charge in [-0.1, -0.05) is 25.7 Å². The normalized spacial score (nSPS) is 16.9. The van der Waals surface area contributed by atoms with Crippen molar-refractivity contribution in [2.75, 3.05) is 13.6 Å². The third-order valence-electron chi connectivity index (χ3n) is 3.67. The summed E-state index contributed by atoms with van der Waals surface area (Å²) in [6, 6.07) is 1.55. The van der Waals surface area contributed by atoms with Crippen molar-refractivity contribution in [2.45, 2.75) is 43.5 Å². The molecule has 7 heteroatoms. The molecule has 2 N–H and O–H groups in total. The zero-order chi connectivity index (χ0) is 14.6. The highest BCUT2D eigenvalue weighted by atomic mass is 79.9. The molecule has 0 atom stereocenters. The summed E-state index contributed by atoms with van der Waals surface area (Å²) in [6.07, 6.45) is 5.92. The molecule has 5 nitrogen and oxygen atoms in total. The molecule has 0 amide bonds. The Labute approximate surface area is 128 Å². The predicted molar refractivity (Wildman–Crippen MR) is 80.9 cm³/mol. The van der Waals surface area contributed by atoms with Crippen LogP contribution >= 0.6 is 15.9 Å². The van der Waals surface area contributed by atoms with Gasteiger partial charge < -0.3 is 9.73 Å². The van der Waals surface area contributed by atoms with Crippen LogP contribution in [0.1, 0.15) is 37.9 Å². The fraction of sp³-hybridized carbons (Fsp3) is 0.692. The van der Waals surface area contributed by atoms with E-state index in [4.69, 9.17) is 4.42 Å². The van der Waals surface area contributed by atoms with Gasteiger partial charge in [0.1, 0.15) is 10.7 Å². The number of hydrogen-bond donors (Lipinski definition) is 2. The predicted octanol–water partition coefficient (Wildman–Crippen LogP) is 2.62. The molecule has 1 fully saturated rings. The lowest BCUT2D eigenvalue weighted by molar-refractivity contribution is 0.469. The van der Waals surface area contributed by atoms with Gasteiger partial charge in [0.25, 0.3) is 0 Å². The molecule has 1 heterocycles. The third-order valence-corrected chi connectivity index (χ3v) is 5.98. The molecule has 0 aromatic carbocycles. The van der Waals surface area contributed by atoms with Gasteiger partial charge in [-0.25, -0.2) is 13.1 Å². The van der Waals surface area contributed by atoms with E-state index in [9.17, 15) is 8.42 Å². The minimum absolute atomic E-state index is 0.175. The zero-order valence-electron chi connectivity index (χ0n) is 11.6. The summed E-state index contributed by atoms with van der Waals surface area (Å²) >= 11 is 3.17. The van der Waals surface area contributed by atoms with E-state index in [1.54, 1.807) is 13.1 Å². The molecule has 0 unspecified atom stereocenters. The van der Waals surface area contributed by atoms with Crippen LogP contribution in [0.2, 0.25) is 0 Å². The maximum atomic E-state index is 12.2. The van der Waals surface area contributed by atoms with Crippen LogP contribution in [0.15, 0.2) is 20.0 Å². The fourth-order valence-electron chi connectivity index (χ4n) is 2.62. The van der Waals surface area contributed by atoms with Crippen LogP contribution in [0.4, 0.5) is 0 Å². The molecule has 0 spiro atoms. The quantitative estimate of drug-likeness (QED) is 0.779. The lowest BCUT2D eigenvalue weighted by Gasteiger charge is -2.09. The highest BCUT2D eigenvalue weighted by molar-refractivity contribution is 9.10. The monoisotopic (exact) mass is 364 g/mol. The van der Waals surface area contributed by atoms with E-state index in [0.717, 1.165) is 6.42 Å².